The number of imidazole rings is 1. The van der Waals surface area contributed by atoms with Gasteiger partial charge in [-0.15, -0.1) is 0 Å². The number of rotatable bonds is 5. The molecule has 0 aliphatic carbocycles. The molecule has 4 aromatic rings. The van der Waals surface area contributed by atoms with E-state index >= 15 is 0 Å². The molecule has 0 saturated heterocycles. The topological polar surface area (TPSA) is 50.2 Å². The third-order valence-electron chi connectivity index (χ3n) is 5.66. The fourth-order valence-corrected chi connectivity index (χ4v) is 4.07. The number of aryl methyl sites for hydroxylation is 1. The Balaban J connectivity index is 1.21. The summed E-state index contributed by atoms with van der Waals surface area (Å²) in [5.41, 5.74) is 5.43. The van der Waals surface area contributed by atoms with E-state index in [0.29, 0.717) is 6.42 Å². The molecule has 0 unspecified atom stereocenters. The van der Waals surface area contributed by atoms with Gasteiger partial charge in [-0.05, 0) is 48.4 Å². The van der Waals surface area contributed by atoms with Crippen LogP contribution in [0.2, 0.25) is 0 Å². The van der Waals surface area contributed by atoms with Gasteiger partial charge in [0.2, 0.25) is 5.91 Å². The zero-order valence-corrected chi connectivity index (χ0v) is 16.8. The molecule has 5 rings (SSSR count). The zero-order chi connectivity index (χ0) is 20.3. The van der Waals surface area contributed by atoms with Gasteiger partial charge in [0.05, 0.1) is 17.6 Å². The lowest BCUT2D eigenvalue weighted by Crippen LogP contribution is -2.33. The molecule has 1 amide bonds. The highest BCUT2D eigenvalue weighted by Gasteiger charge is 2.20. The number of benzene rings is 3. The van der Waals surface area contributed by atoms with E-state index in [0.717, 1.165) is 48.8 Å². The quantitative estimate of drug-likeness (QED) is 0.535. The van der Waals surface area contributed by atoms with Crippen LogP contribution in [0.15, 0.2) is 78.9 Å². The minimum Gasteiger partial charge on any atom is -0.362 e. The fourth-order valence-electron chi connectivity index (χ4n) is 4.07. The van der Waals surface area contributed by atoms with Crippen molar-refractivity contribution in [1.82, 2.24) is 9.55 Å². The Morgan fingerprint density at radius 3 is 2.50 bits per heavy atom. The highest BCUT2D eigenvalue weighted by atomic mass is 16.1. The number of para-hydroxylation sites is 2. The maximum Gasteiger partial charge on any atom is 0.224 e. The molecule has 5 heteroatoms. The maximum absolute atomic E-state index is 12.3. The van der Waals surface area contributed by atoms with Crippen molar-refractivity contribution in [3.63, 3.8) is 0 Å². The van der Waals surface area contributed by atoms with E-state index in [-0.39, 0.29) is 5.91 Å². The van der Waals surface area contributed by atoms with Gasteiger partial charge in [0.1, 0.15) is 5.82 Å². The number of carbonyl (C=O) groups excluding carboxylic acids is 1. The summed E-state index contributed by atoms with van der Waals surface area (Å²) in [6.07, 6.45) is 1.23. The lowest BCUT2D eigenvalue weighted by Gasteiger charge is -2.30. The van der Waals surface area contributed by atoms with Gasteiger partial charge in [-0.1, -0.05) is 42.5 Å². The minimum atomic E-state index is 0.0401. The van der Waals surface area contributed by atoms with Gasteiger partial charge < -0.3 is 14.8 Å². The second-order valence-corrected chi connectivity index (χ2v) is 7.67. The molecule has 1 N–H and O–H groups in total. The summed E-state index contributed by atoms with van der Waals surface area (Å²) in [5, 5.41) is 3.00. The van der Waals surface area contributed by atoms with Crippen LogP contribution in [-0.4, -0.2) is 22.0 Å². The van der Waals surface area contributed by atoms with Crippen LogP contribution in [-0.2, 0) is 24.3 Å². The summed E-state index contributed by atoms with van der Waals surface area (Å²) in [5.74, 6) is 1.14. The summed E-state index contributed by atoms with van der Waals surface area (Å²) in [4.78, 5) is 19.4. The van der Waals surface area contributed by atoms with Gasteiger partial charge in [0, 0.05) is 30.9 Å². The minimum absolute atomic E-state index is 0.0401. The van der Waals surface area contributed by atoms with Gasteiger partial charge in [-0.3, -0.25) is 4.79 Å². The van der Waals surface area contributed by atoms with Crippen molar-refractivity contribution in [3.8, 4) is 0 Å². The largest absolute Gasteiger partial charge is 0.362 e. The Bertz CT molecular complexity index is 1160. The molecular formula is C25H24N4O. The van der Waals surface area contributed by atoms with E-state index in [1.807, 2.05) is 36.4 Å². The first kappa shape index (κ1) is 18.4. The average Bonchev–Trinajstić information content (AvgIpc) is 3.17. The monoisotopic (exact) mass is 396 g/mol. The molecule has 1 aromatic heterocycles. The Labute approximate surface area is 176 Å². The van der Waals surface area contributed by atoms with Gasteiger partial charge in [0.15, 0.2) is 0 Å². The lowest BCUT2D eigenvalue weighted by atomic mass is 10.1. The third-order valence-corrected chi connectivity index (χ3v) is 5.66. The van der Waals surface area contributed by atoms with E-state index in [4.69, 9.17) is 4.98 Å². The number of hydrogen-bond acceptors (Lipinski definition) is 3. The Kier molecular flexibility index (Phi) is 4.93. The molecule has 0 saturated carbocycles. The molecule has 0 spiro atoms. The molecule has 30 heavy (non-hydrogen) atoms. The number of amides is 1. The molecule has 0 fully saturated rings. The van der Waals surface area contributed by atoms with Crippen molar-refractivity contribution < 1.29 is 4.79 Å². The Morgan fingerprint density at radius 2 is 1.67 bits per heavy atom. The third kappa shape index (κ3) is 3.79. The zero-order valence-electron chi connectivity index (χ0n) is 16.8. The number of aromatic nitrogens is 2. The number of fused-ring (bicyclic) bond motifs is 3. The number of nitrogens with one attached hydrogen (secondary N) is 1. The molecule has 0 bridgehead atoms. The normalized spacial score (nSPS) is 13.3. The summed E-state index contributed by atoms with van der Waals surface area (Å²) in [6, 6.07) is 26.5. The number of carbonyl (C=O) groups is 1. The summed E-state index contributed by atoms with van der Waals surface area (Å²) in [7, 11) is 0. The smallest absolute Gasteiger partial charge is 0.224 e. The fraction of sp³-hybridized carbons (Fsp3) is 0.200. The molecule has 1 aliphatic heterocycles. The Hall–Kier alpha value is -3.60. The number of hydrogen-bond donors (Lipinski definition) is 1. The molecular weight excluding hydrogens is 372 g/mol. The predicted molar refractivity (Wildman–Crippen MR) is 121 cm³/mol. The van der Waals surface area contributed by atoms with Crippen LogP contribution in [0, 0.1) is 0 Å². The number of anilines is 2. The van der Waals surface area contributed by atoms with Gasteiger partial charge >= 0.3 is 0 Å². The first-order valence-electron chi connectivity index (χ1n) is 10.4. The van der Waals surface area contributed by atoms with Crippen LogP contribution in [0.25, 0.3) is 11.0 Å². The van der Waals surface area contributed by atoms with E-state index in [9.17, 15) is 4.79 Å². The van der Waals surface area contributed by atoms with Crippen LogP contribution < -0.4 is 10.2 Å². The number of nitrogens with zero attached hydrogens (tertiary/aromatic N) is 3. The van der Waals surface area contributed by atoms with Crippen LogP contribution >= 0.6 is 0 Å². The van der Waals surface area contributed by atoms with Crippen molar-refractivity contribution in [2.75, 3.05) is 16.8 Å². The van der Waals surface area contributed by atoms with E-state index in [1.54, 1.807) is 0 Å². The van der Waals surface area contributed by atoms with Crippen molar-refractivity contribution in [3.05, 3.63) is 90.3 Å². The van der Waals surface area contributed by atoms with Gasteiger partial charge in [-0.25, -0.2) is 4.98 Å². The summed E-state index contributed by atoms with van der Waals surface area (Å²) >= 11 is 0. The van der Waals surface area contributed by atoms with Crippen LogP contribution in [0.5, 0.6) is 0 Å². The molecule has 1 aliphatic rings. The summed E-state index contributed by atoms with van der Waals surface area (Å²) in [6.45, 7) is 2.65. The van der Waals surface area contributed by atoms with E-state index in [1.165, 1.54) is 11.1 Å². The SMILES string of the molecule is O=C(CCc1ccccc1)Nc1ccc(N2CCn3c(nc4ccccc43)C2)cc1. The standard InChI is InChI=1S/C25H24N4O/c30-25(15-10-19-6-2-1-3-7-19)26-20-11-13-21(14-12-20)28-16-17-29-23-9-5-4-8-22(23)27-24(29)18-28/h1-9,11-14H,10,15-18H2,(H,26,30). The van der Waals surface area contributed by atoms with Crippen molar-refractivity contribution in [1.29, 1.82) is 0 Å². The first-order chi connectivity index (χ1) is 14.8. The van der Waals surface area contributed by atoms with Gasteiger partial charge in [0.25, 0.3) is 0 Å². The second-order valence-electron chi connectivity index (χ2n) is 7.67. The molecule has 0 radical (unpaired) electrons. The summed E-state index contributed by atoms with van der Waals surface area (Å²) < 4.78 is 2.31. The van der Waals surface area contributed by atoms with Crippen molar-refractivity contribution in [2.24, 2.45) is 0 Å². The van der Waals surface area contributed by atoms with Gasteiger partial charge in [-0.2, -0.15) is 0 Å². The van der Waals surface area contributed by atoms with E-state index < -0.39 is 0 Å². The average molecular weight is 396 g/mol. The van der Waals surface area contributed by atoms with Crippen LogP contribution in [0.1, 0.15) is 17.8 Å². The second kappa shape index (κ2) is 8.03. The molecule has 0 atom stereocenters. The molecule has 3 aromatic carbocycles. The van der Waals surface area contributed by atoms with E-state index in [2.05, 4.69) is 57.2 Å². The lowest BCUT2D eigenvalue weighted by molar-refractivity contribution is -0.116. The Morgan fingerprint density at radius 1 is 0.900 bits per heavy atom. The maximum atomic E-state index is 12.3. The highest BCUT2D eigenvalue weighted by molar-refractivity contribution is 5.91. The highest BCUT2D eigenvalue weighted by Crippen LogP contribution is 2.25. The molecule has 5 nitrogen and oxygen atoms in total. The first-order valence-corrected chi connectivity index (χ1v) is 10.4. The van der Waals surface area contributed by atoms with Crippen molar-refractivity contribution in [2.45, 2.75) is 25.9 Å². The molecule has 2 heterocycles. The van der Waals surface area contributed by atoms with Crippen LogP contribution in [0.4, 0.5) is 11.4 Å². The molecule has 150 valence electrons. The van der Waals surface area contributed by atoms with Crippen LogP contribution in [0.3, 0.4) is 0 Å². The predicted octanol–water partition coefficient (Wildman–Crippen LogP) is 4.63. The van der Waals surface area contributed by atoms with Crippen molar-refractivity contribution >= 4 is 28.3 Å².